The van der Waals surface area contributed by atoms with Crippen molar-refractivity contribution in [1.29, 1.82) is 0 Å². The Morgan fingerprint density at radius 2 is 1.55 bits per heavy atom. The van der Waals surface area contributed by atoms with Gasteiger partial charge in [-0.1, -0.05) is 115 Å². The van der Waals surface area contributed by atoms with Crippen LogP contribution in [0.3, 0.4) is 0 Å². The third-order valence-corrected chi connectivity index (χ3v) is 7.97. The number of hydrogen-bond donors (Lipinski definition) is 0. The maximum Gasteiger partial charge on any atom is 0.0774 e. The zero-order valence-corrected chi connectivity index (χ0v) is 28.3. The van der Waals surface area contributed by atoms with Crippen LogP contribution in [-0.2, 0) is 20.1 Å². The summed E-state index contributed by atoms with van der Waals surface area (Å²) in [5.41, 5.74) is 10.3. The van der Waals surface area contributed by atoms with E-state index in [0.29, 0.717) is 5.92 Å². The molecule has 0 bridgehead atoms. The number of aromatic nitrogens is 3. The fourth-order valence-electron chi connectivity index (χ4n) is 5.51. The summed E-state index contributed by atoms with van der Waals surface area (Å²) in [6.45, 7) is 2.31. The Kier molecular flexibility index (Phi) is 8.46. The topological polar surface area (TPSA) is 43.9 Å². The summed E-state index contributed by atoms with van der Waals surface area (Å²) in [5, 5.41) is 1.04. The number of rotatable bonds is 5. The molecule has 3 heterocycles. The molecule has 0 unspecified atom stereocenters. The van der Waals surface area contributed by atoms with Gasteiger partial charge in [-0.2, -0.15) is 0 Å². The van der Waals surface area contributed by atoms with Gasteiger partial charge < -0.3 is 14.0 Å². The minimum absolute atomic E-state index is 0. The molecule has 47 heavy (non-hydrogen) atoms. The van der Waals surface area contributed by atoms with Crippen molar-refractivity contribution in [3.63, 3.8) is 0 Å². The molecule has 0 aliphatic carbocycles. The van der Waals surface area contributed by atoms with Crippen LogP contribution in [0.2, 0.25) is 0 Å². The van der Waals surface area contributed by atoms with Crippen LogP contribution in [0.25, 0.3) is 61.5 Å². The molecule has 8 aromatic rings. The number of hydrogen-bond acceptors (Lipinski definition) is 3. The summed E-state index contributed by atoms with van der Waals surface area (Å²) in [4.78, 5) is 9.13. The molecule has 5 heteroatoms. The molecule has 0 amide bonds. The molecule has 0 aliphatic rings. The average Bonchev–Trinajstić information content (AvgIpc) is 3.74. The standard InChI is InChI=1S/C30H23N2O.C12H10N.Ir/c1-20(2)23-14-17-29-25(18-23)26(19-33-29)30-31-27-10-6-7-11-28(27)32(30)24-15-12-22(13-16-24)21-8-4-3-5-9-21;1-10-7-8-12(13-9-10)11-5-3-2-4-6-11;/h3-18,20H,1-2H3;2-5,7-9H,1H3;/q2*-1;/i;1D3;. The second-order valence-electron chi connectivity index (χ2n) is 11.4. The molecule has 0 saturated carbocycles. The van der Waals surface area contributed by atoms with Crippen molar-refractivity contribution in [3.8, 4) is 39.5 Å². The largest absolute Gasteiger partial charge is 0.557 e. The van der Waals surface area contributed by atoms with E-state index < -0.39 is 6.85 Å². The van der Waals surface area contributed by atoms with E-state index in [0.717, 1.165) is 50.3 Å². The van der Waals surface area contributed by atoms with Gasteiger partial charge in [-0.15, -0.1) is 35.9 Å². The molecule has 0 aliphatic heterocycles. The molecule has 233 valence electrons. The van der Waals surface area contributed by atoms with Crippen LogP contribution < -0.4 is 0 Å². The third kappa shape index (κ3) is 6.73. The van der Waals surface area contributed by atoms with Crippen molar-refractivity contribution < 1.29 is 28.6 Å². The van der Waals surface area contributed by atoms with Crippen molar-refractivity contribution in [2.45, 2.75) is 26.6 Å². The number of furan rings is 1. The van der Waals surface area contributed by atoms with Gasteiger partial charge in [0.05, 0.1) is 16.9 Å². The number of aryl methyl sites for hydroxylation is 1. The van der Waals surface area contributed by atoms with Gasteiger partial charge in [0.15, 0.2) is 0 Å². The van der Waals surface area contributed by atoms with Gasteiger partial charge in [-0.3, -0.25) is 4.98 Å². The Morgan fingerprint density at radius 3 is 2.28 bits per heavy atom. The van der Waals surface area contributed by atoms with E-state index in [1.165, 1.54) is 22.9 Å². The maximum atomic E-state index is 7.23. The molecule has 0 N–H and O–H groups in total. The molecular weight excluding hydrogens is 755 g/mol. The summed E-state index contributed by atoms with van der Waals surface area (Å²) in [7, 11) is 0. The quantitative estimate of drug-likeness (QED) is 0.163. The molecule has 5 aromatic carbocycles. The monoisotopic (exact) mass is 791 g/mol. The Morgan fingerprint density at radius 1 is 0.787 bits per heavy atom. The van der Waals surface area contributed by atoms with Crippen LogP contribution in [0.15, 0.2) is 144 Å². The van der Waals surface area contributed by atoms with E-state index in [4.69, 9.17) is 13.5 Å². The van der Waals surface area contributed by atoms with Crippen molar-refractivity contribution >= 4 is 22.0 Å². The van der Waals surface area contributed by atoms with Gasteiger partial charge in [0.25, 0.3) is 0 Å². The van der Waals surface area contributed by atoms with Gasteiger partial charge in [0, 0.05) is 47.9 Å². The molecule has 0 spiro atoms. The molecule has 4 nitrogen and oxygen atoms in total. The first-order valence-electron chi connectivity index (χ1n) is 16.8. The van der Waals surface area contributed by atoms with Gasteiger partial charge in [0.2, 0.25) is 0 Å². The van der Waals surface area contributed by atoms with Crippen molar-refractivity contribution in [2.75, 3.05) is 0 Å². The summed E-state index contributed by atoms with van der Waals surface area (Å²) in [6.07, 6.45) is 4.54. The van der Waals surface area contributed by atoms with Crippen LogP contribution in [-0.4, -0.2) is 14.5 Å². The van der Waals surface area contributed by atoms with E-state index in [-0.39, 0.29) is 25.7 Å². The van der Waals surface area contributed by atoms with Crippen LogP contribution in [0, 0.1) is 19.2 Å². The number of para-hydroxylation sites is 2. The number of fused-ring (bicyclic) bond motifs is 2. The molecule has 3 aromatic heterocycles. The first-order valence-corrected chi connectivity index (χ1v) is 15.3. The minimum Gasteiger partial charge on any atom is -0.557 e. The smallest absolute Gasteiger partial charge is 0.0774 e. The van der Waals surface area contributed by atoms with Crippen molar-refractivity contribution in [2.24, 2.45) is 0 Å². The van der Waals surface area contributed by atoms with Gasteiger partial charge in [0.1, 0.15) is 0 Å². The van der Waals surface area contributed by atoms with E-state index in [1.54, 1.807) is 18.2 Å². The SMILES string of the molecule is CC(C)c1ccc2o[c-]c(-c3nc4ccccc4n3-c3ccc(-c4ccccc4)cc3)c2c1.[2H]C([2H])([2H])c1ccc(-c2[c-]cccc2)nc1.[Ir]. The van der Waals surface area contributed by atoms with Gasteiger partial charge in [-0.25, -0.2) is 0 Å². The maximum absolute atomic E-state index is 7.23. The van der Waals surface area contributed by atoms with Crippen molar-refractivity contribution in [1.82, 2.24) is 14.5 Å². The Hall–Kier alpha value is -5.09. The van der Waals surface area contributed by atoms with Crippen molar-refractivity contribution in [3.05, 3.63) is 163 Å². The predicted molar refractivity (Wildman–Crippen MR) is 188 cm³/mol. The summed E-state index contributed by atoms with van der Waals surface area (Å²) >= 11 is 0. The predicted octanol–water partition coefficient (Wildman–Crippen LogP) is 10.9. The summed E-state index contributed by atoms with van der Waals surface area (Å²) < 4.78 is 29.7. The minimum atomic E-state index is -2.09. The van der Waals surface area contributed by atoms with E-state index >= 15 is 0 Å². The van der Waals surface area contributed by atoms with Crippen LogP contribution >= 0.6 is 0 Å². The Balaban J connectivity index is 0.000000215. The van der Waals surface area contributed by atoms with Crippen LogP contribution in [0.5, 0.6) is 0 Å². The summed E-state index contributed by atoms with van der Waals surface area (Å²) in [6, 6.07) is 47.4. The number of imidazole rings is 1. The van der Waals surface area contributed by atoms with E-state index in [1.807, 2.05) is 36.4 Å². The molecule has 0 atom stereocenters. The average molecular weight is 791 g/mol. The van der Waals surface area contributed by atoms with E-state index in [9.17, 15) is 0 Å². The zero-order valence-electron chi connectivity index (χ0n) is 28.9. The molecule has 0 saturated heterocycles. The van der Waals surface area contributed by atoms with Crippen LogP contribution in [0.4, 0.5) is 0 Å². The second-order valence-corrected chi connectivity index (χ2v) is 11.4. The number of benzene rings is 5. The Labute approximate surface area is 293 Å². The second kappa shape index (κ2) is 14.1. The third-order valence-electron chi connectivity index (χ3n) is 7.97. The first kappa shape index (κ1) is 28.2. The molecule has 8 rings (SSSR count). The van der Waals surface area contributed by atoms with Crippen LogP contribution in [0.1, 0.15) is 35.0 Å². The number of nitrogens with zero attached hydrogens (tertiary/aromatic N) is 3. The molecular formula is C42H33IrN3O-2. The van der Waals surface area contributed by atoms with Gasteiger partial charge >= 0.3 is 0 Å². The first-order chi connectivity index (χ1) is 23.8. The normalized spacial score (nSPS) is 12.1. The summed E-state index contributed by atoms with van der Waals surface area (Å²) in [5.74, 6) is 1.27. The Bertz CT molecular complexity index is 2330. The fourth-order valence-corrected chi connectivity index (χ4v) is 5.51. The molecule has 1 radical (unpaired) electrons. The number of pyridine rings is 1. The molecule has 0 fully saturated rings. The van der Waals surface area contributed by atoms with Gasteiger partial charge in [-0.05, 0) is 59.4 Å². The van der Waals surface area contributed by atoms with E-state index in [2.05, 4.69) is 115 Å². The fraction of sp³-hybridized carbons (Fsp3) is 0.0952. The zero-order chi connectivity index (χ0) is 34.0.